The SMILES string of the molecule is CCCCc1ccc(C(C)=O)cc1NC(=O)c1ccco1. The average Bonchev–Trinajstić information content (AvgIpc) is 3.00. The largest absolute Gasteiger partial charge is 0.459 e. The van der Waals surface area contributed by atoms with Crippen LogP contribution in [0.3, 0.4) is 0 Å². The minimum atomic E-state index is -0.307. The molecule has 0 radical (unpaired) electrons. The molecule has 0 bridgehead atoms. The van der Waals surface area contributed by atoms with E-state index >= 15 is 0 Å². The number of carbonyl (C=O) groups excluding carboxylic acids is 2. The second kappa shape index (κ2) is 6.88. The topological polar surface area (TPSA) is 59.3 Å². The molecule has 1 heterocycles. The van der Waals surface area contributed by atoms with Crippen molar-refractivity contribution in [2.75, 3.05) is 5.32 Å². The number of furan rings is 1. The number of anilines is 1. The first kappa shape index (κ1) is 15.0. The molecule has 1 amide bonds. The lowest BCUT2D eigenvalue weighted by Crippen LogP contribution is -2.13. The fourth-order valence-electron chi connectivity index (χ4n) is 2.09. The Balaban J connectivity index is 2.27. The number of Topliss-reactive ketones (excluding diaryl/α,β-unsaturated/α-hetero) is 1. The third-order valence-corrected chi connectivity index (χ3v) is 3.31. The highest BCUT2D eigenvalue weighted by molar-refractivity contribution is 6.03. The number of benzene rings is 1. The molecule has 1 N–H and O–H groups in total. The highest BCUT2D eigenvalue weighted by Crippen LogP contribution is 2.21. The van der Waals surface area contributed by atoms with Crippen LogP contribution in [0, 0.1) is 0 Å². The van der Waals surface area contributed by atoms with Gasteiger partial charge in [-0.2, -0.15) is 0 Å². The minimum Gasteiger partial charge on any atom is -0.459 e. The minimum absolute atomic E-state index is 0.0226. The van der Waals surface area contributed by atoms with E-state index in [1.165, 1.54) is 13.2 Å². The number of nitrogens with one attached hydrogen (secondary N) is 1. The number of ketones is 1. The number of carbonyl (C=O) groups is 2. The molecular formula is C17H19NO3. The molecule has 0 aliphatic carbocycles. The van der Waals surface area contributed by atoms with Crippen molar-refractivity contribution >= 4 is 17.4 Å². The van der Waals surface area contributed by atoms with Crippen LogP contribution in [0.1, 0.15) is 53.2 Å². The third-order valence-electron chi connectivity index (χ3n) is 3.31. The van der Waals surface area contributed by atoms with Crippen LogP contribution in [-0.2, 0) is 6.42 Å². The van der Waals surface area contributed by atoms with Gasteiger partial charge < -0.3 is 9.73 Å². The van der Waals surface area contributed by atoms with E-state index in [4.69, 9.17) is 4.42 Å². The Morgan fingerprint density at radius 1 is 1.24 bits per heavy atom. The van der Waals surface area contributed by atoms with Crippen molar-refractivity contribution in [3.8, 4) is 0 Å². The number of hydrogen-bond acceptors (Lipinski definition) is 3. The number of rotatable bonds is 6. The Hall–Kier alpha value is -2.36. The second-order valence-electron chi connectivity index (χ2n) is 4.96. The second-order valence-corrected chi connectivity index (χ2v) is 4.96. The van der Waals surface area contributed by atoms with Crippen LogP contribution in [0.2, 0.25) is 0 Å². The fraction of sp³-hybridized carbons (Fsp3) is 0.294. The number of hydrogen-bond donors (Lipinski definition) is 1. The van der Waals surface area contributed by atoms with Crippen LogP contribution in [0.15, 0.2) is 41.0 Å². The summed E-state index contributed by atoms with van der Waals surface area (Å²) in [6, 6.07) is 8.71. The molecule has 4 nitrogen and oxygen atoms in total. The van der Waals surface area contributed by atoms with E-state index in [9.17, 15) is 9.59 Å². The average molecular weight is 285 g/mol. The summed E-state index contributed by atoms with van der Waals surface area (Å²) in [6.07, 6.45) is 4.42. The first-order valence-corrected chi connectivity index (χ1v) is 7.10. The quantitative estimate of drug-likeness (QED) is 0.814. The molecule has 110 valence electrons. The van der Waals surface area contributed by atoms with Gasteiger partial charge in [-0.3, -0.25) is 9.59 Å². The Morgan fingerprint density at radius 3 is 2.67 bits per heavy atom. The zero-order chi connectivity index (χ0) is 15.2. The van der Waals surface area contributed by atoms with Crippen molar-refractivity contribution in [1.29, 1.82) is 0 Å². The smallest absolute Gasteiger partial charge is 0.291 e. The van der Waals surface area contributed by atoms with Crippen LogP contribution >= 0.6 is 0 Å². The van der Waals surface area contributed by atoms with Crippen molar-refractivity contribution in [2.45, 2.75) is 33.1 Å². The predicted octanol–water partition coefficient (Wildman–Crippen LogP) is 4.08. The highest BCUT2D eigenvalue weighted by Gasteiger charge is 2.13. The van der Waals surface area contributed by atoms with E-state index in [0.29, 0.717) is 11.3 Å². The normalized spacial score (nSPS) is 10.4. The lowest BCUT2D eigenvalue weighted by molar-refractivity contribution is 0.0992. The summed E-state index contributed by atoms with van der Waals surface area (Å²) >= 11 is 0. The van der Waals surface area contributed by atoms with Crippen LogP contribution < -0.4 is 5.32 Å². The summed E-state index contributed by atoms with van der Waals surface area (Å²) in [5.74, 6) is -0.0753. The Labute approximate surface area is 124 Å². The molecule has 2 rings (SSSR count). The van der Waals surface area contributed by atoms with Gasteiger partial charge in [0.05, 0.1) is 6.26 Å². The molecule has 0 spiro atoms. The monoisotopic (exact) mass is 285 g/mol. The third kappa shape index (κ3) is 3.81. The van der Waals surface area contributed by atoms with Gasteiger partial charge in [-0.25, -0.2) is 0 Å². The van der Waals surface area contributed by atoms with Crippen LogP contribution in [0.5, 0.6) is 0 Å². The zero-order valence-corrected chi connectivity index (χ0v) is 12.3. The standard InChI is InChI=1S/C17H19NO3/c1-3-4-6-13-8-9-14(12(2)19)11-15(13)18-17(20)16-7-5-10-21-16/h5,7-11H,3-4,6H2,1-2H3,(H,18,20). The summed E-state index contributed by atoms with van der Waals surface area (Å²) in [5.41, 5.74) is 2.30. The molecular weight excluding hydrogens is 266 g/mol. The summed E-state index contributed by atoms with van der Waals surface area (Å²) in [5, 5.41) is 2.83. The molecule has 1 aromatic carbocycles. The van der Waals surface area contributed by atoms with Gasteiger partial charge in [0.2, 0.25) is 0 Å². The maximum absolute atomic E-state index is 12.1. The molecule has 0 saturated carbocycles. The number of amides is 1. The Kier molecular flexibility index (Phi) is 4.93. The maximum Gasteiger partial charge on any atom is 0.291 e. The first-order chi connectivity index (χ1) is 10.1. The van der Waals surface area contributed by atoms with Gasteiger partial charge in [0.15, 0.2) is 11.5 Å². The van der Waals surface area contributed by atoms with Crippen molar-refractivity contribution in [2.24, 2.45) is 0 Å². The van der Waals surface area contributed by atoms with E-state index in [1.54, 1.807) is 24.3 Å². The molecule has 21 heavy (non-hydrogen) atoms. The van der Waals surface area contributed by atoms with Crippen molar-refractivity contribution in [1.82, 2.24) is 0 Å². The number of unbranched alkanes of at least 4 members (excludes halogenated alkanes) is 1. The molecule has 0 fully saturated rings. The summed E-state index contributed by atoms with van der Waals surface area (Å²) in [6.45, 7) is 3.63. The Bertz CT molecular complexity index is 629. The van der Waals surface area contributed by atoms with Gasteiger partial charge >= 0.3 is 0 Å². The molecule has 0 saturated heterocycles. The molecule has 1 aromatic heterocycles. The van der Waals surface area contributed by atoms with Crippen molar-refractivity contribution in [3.63, 3.8) is 0 Å². The molecule has 0 unspecified atom stereocenters. The highest BCUT2D eigenvalue weighted by atomic mass is 16.3. The van der Waals surface area contributed by atoms with E-state index in [2.05, 4.69) is 12.2 Å². The molecule has 0 atom stereocenters. The van der Waals surface area contributed by atoms with Gasteiger partial charge in [0, 0.05) is 11.3 Å². The lowest BCUT2D eigenvalue weighted by Gasteiger charge is -2.11. The van der Waals surface area contributed by atoms with Crippen LogP contribution in [0.25, 0.3) is 0 Å². The molecule has 4 heteroatoms. The van der Waals surface area contributed by atoms with E-state index in [1.807, 2.05) is 6.07 Å². The van der Waals surface area contributed by atoms with Crippen molar-refractivity contribution in [3.05, 3.63) is 53.5 Å². The van der Waals surface area contributed by atoms with E-state index in [0.717, 1.165) is 24.8 Å². The molecule has 2 aromatic rings. The summed E-state index contributed by atoms with van der Waals surface area (Å²) < 4.78 is 5.09. The van der Waals surface area contributed by atoms with Crippen molar-refractivity contribution < 1.29 is 14.0 Å². The van der Waals surface area contributed by atoms with Gasteiger partial charge in [-0.1, -0.05) is 25.5 Å². The maximum atomic E-state index is 12.1. The van der Waals surface area contributed by atoms with E-state index in [-0.39, 0.29) is 17.5 Å². The zero-order valence-electron chi connectivity index (χ0n) is 12.3. The predicted molar refractivity (Wildman–Crippen MR) is 81.7 cm³/mol. The molecule has 0 aliphatic rings. The first-order valence-electron chi connectivity index (χ1n) is 7.10. The fourth-order valence-corrected chi connectivity index (χ4v) is 2.09. The Morgan fingerprint density at radius 2 is 2.05 bits per heavy atom. The van der Waals surface area contributed by atoms with Crippen LogP contribution in [0.4, 0.5) is 5.69 Å². The van der Waals surface area contributed by atoms with Gasteiger partial charge in [0.1, 0.15) is 0 Å². The van der Waals surface area contributed by atoms with E-state index < -0.39 is 0 Å². The van der Waals surface area contributed by atoms with Gasteiger partial charge in [-0.15, -0.1) is 0 Å². The van der Waals surface area contributed by atoms with Gasteiger partial charge in [0.25, 0.3) is 5.91 Å². The number of aryl methyl sites for hydroxylation is 1. The van der Waals surface area contributed by atoms with Crippen LogP contribution in [-0.4, -0.2) is 11.7 Å². The molecule has 0 aliphatic heterocycles. The lowest BCUT2D eigenvalue weighted by atomic mass is 10.0. The summed E-state index contributed by atoms with van der Waals surface area (Å²) in [4.78, 5) is 23.6. The van der Waals surface area contributed by atoms with Gasteiger partial charge in [-0.05, 0) is 43.5 Å². The summed E-state index contributed by atoms with van der Waals surface area (Å²) in [7, 11) is 0.